The summed E-state index contributed by atoms with van der Waals surface area (Å²) in [5.74, 6) is 0. The zero-order valence-corrected chi connectivity index (χ0v) is 13.9. The van der Waals surface area contributed by atoms with Crippen LogP contribution < -0.4 is 0 Å². The van der Waals surface area contributed by atoms with Gasteiger partial charge in [0.15, 0.2) is 0 Å². The van der Waals surface area contributed by atoms with Crippen molar-refractivity contribution in [2.24, 2.45) is 5.41 Å². The lowest BCUT2D eigenvalue weighted by atomic mass is 9.79. The molecule has 0 bridgehead atoms. The van der Waals surface area contributed by atoms with Gasteiger partial charge in [-0.25, -0.2) is 0 Å². The van der Waals surface area contributed by atoms with Crippen LogP contribution in [0.5, 0.6) is 0 Å². The van der Waals surface area contributed by atoms with E-state index in [0.717, 1.165) is 17.4 Å². The second-order valence-electron chi connectivity index (χ2n) is 7.34. The van der Waals surface area contributed by atoms with Crippen LogP contribution in [0.15, 0.2) is 54.1 Å². The van der Waals surface area contributed by atoms with Crippen molar-refractivity contribution in [2.45, 2.75) is 40.2 Å². The molecule has 0 aliphatic heterocycles. The monoisotopic (exact) mass is 292 g/mol. The highest BCUT2D eigenvalue weighted by molar-refractivity contribution is 5.91. The molecule has 0 aromatic heterocycles. The van der Waals surface area contributed by atoms with Gasteiger partial charge in [-0.2, -0.15) is 0 Å². The van der Waals surface area contributed by atoms with Crippen molar-refractivity contribution in [1.82, 2.24) is 0 Å². The Labute approximate surface area is 133 Å². The molecule has 0 fully saturated rings. The van der Waals surface area contributed by atoms with Gasteiger partial charge in [-0.15, -0.1) is 0 Å². The Bertz CT molecular complexity index is 772. The third-order valence-electron chi connectivity index (χ3n) is 4.46. The Hall–Kier alpha value is -1.86. The maximum absolute atomic E-state index is 11.0. The van der Waals surface area contributed by atoms with Gasteiger partial charge >= 0.3 is 0 Å². The van der Waals surface area contributed by atoms with Gasteiger partial charge in [0.2, 0.25) is 0 Å². The van der Waals surface area contributed by atoms with E-state index >= 15 is 0 Å². The van der Waals surface area contributed by atoms with Crippen molar-refractivity contribution in [2.75, 3.05) is 0 Å². The molecule has 1 unspecified atom stereocenters. The van der Waals surface area contributed by atoms with Gasteiger partial charge in [-0.1, -0.05) is 74.9 Å². The first-order valence-electron chi connectivity index (χ1n) is 7.95. The highest BCUT2D eigenvalue weighted by Crippen LogP contribution is 2.42. The summed E-state index contributed by atoms with van der Waals surface area (Å²) in [4.78, 5) is 0. The van der Waals surface area contributed by atoms with Gasteiger partial charge < -0.3 is 5.11 Å². The minimum Gasteiger partial charge on any atom is -0.388 e. The van der Waals surface area contributed by atoms with Crippen LogP contribution in [-0.2, 0) is 0 Å². The predicted octanol–water partition coefficient (Wildman–Crippen LogP) is 5.65. The molecule has 0 amide bonds. The predicted molar refractivity (Wildman–Crippen MR) is 94.7 cm³/mol. The lowest BCUT2D eigenvalue weighted by Crippen LogP contribution is -2.19. The summed E-state index contributed by atoms with van der Waals surface area (Å²) < 4.78 is 0. The summed E-state index contributed by atoms with van der Waals surface area (Å²) in [7, 11) is 0. The fourth-order valence-corrected chi connectivity index (χ4v) is 3.15. The molecule has 2 aromatic rings. The van der Waals surface area contributed by atoms with Gasteiger partial charge in [-0.3, -0.25) is 0 Å². The molecule has 0 radical (unpaired) electrons. The first kappa shape index (κ1) is 15.1. The summed E-state index contributed by atoms with van der Waals surface area (Å²) in [5, 5.41) is 13.4. The average molecular weight is 292 g/mol. The molecule has 1 nitrogen and oxygen atoms in total. The van der Waals surface area contributed by atoms with Crippen LogP contribution in [0.2, 0.25) is 0 Å². The minimum atomic E-state index is -0.490. The van der Waals surface area contributed by atoms with E-state index in [9.17, 15) is 5.11 Å². The lowest BCUT2D eigenvalue weighted by molar-refractivity contribution is 0.0637. The summed E-state index contributed by atoms with van der Waals surface area (Å²) in [6.07, 6.45) is 4.95. The molecule has 1 N–H and O–H groups in total. The molecular weight excluding hydrogens is 268 g/mol. The normalized spacial score (nSPS) is 16.6. The largest absolute Gasteiger partial charge is 0.388 e. The molecule has 114 valence electrons. The van der Waals surface area contributed by atoms with Gasteiger partial charge in [0, 0.05) is 0 Å². The number of fused-ring (bicyclic) bond motifs is 1. The van der Waals surface area contributed by atoms with Crippen LogP contribution in [0, 0.1) is 5.41 Å². The molecule has 0 saturated carbocycles. The third kappa shape index (κ3) is 2.62. The number of allylic oxidation sites excluding steroid dienone is 4. The molecule has 1 aliphatic carbocycles. The van der Waals surface area contributed by atoms with E-state index in [-0.39, 0.29) is 5.41 Å². The highest BCUT2D eigenvalue weighted by Gasteiger charge is 2.28. The van der Waals surface area contributed by atoms with E-state index < -0.39 is 6.10 Å². The number of benzene rings is 2. The molecule has 1 atom stereocenters. The number of rotatable bonds is 2. The SMILES string of the molecule is CC1=CCC(c2ccc3ccccc3c2C(O)C(C)(C)C)=C1. The van der Waals surface area contributed by atoms with Crippen molar-refractivity contribution in [1.29, 1.82) is 0 Å². The van der Waals surface area contributed by atoms with Crippen molar-refractivity contribution >= 4 is 16.3 Å². The molecule has 1 aliphatic rings. The van der Waals surface area contributed by atoms with Crippen molar-refractivity contribution < 1.29 is 5.11 Å². The zero-order valence-electron chi connectivity index (χ0n) is 13.9. The van der Waals surface area contributed by atoms with Crippen LogP contribution in [0.4, 0.5) is 0 Å². The molecule has 0 heterocycles. The van der Waals surface area contributed by atoms with E-state index in [2.05, 4.69) is 76.2 Å². The molecular formula is C21H24O. The second-order valence-corrected chi connectivity index (χ2v) is 7.34. The van der Waals surface area contributed by atoms with Gasteiger partial charge in [-0.05, 0) is 46.2 Å². The summed E-state index contributed by atoms with van der Waals surface area (Å²) >= 11 is 0. The smallest absolute Gasteiger partial charge is 0.0850 e. The molecule has 3 rings (SSSR count). The van der Waals surface area contributed by atoms with Crippen LogP contribution in [0.25, 0.3) is 16.3 Å². The number of aliphatic hydroxyl groups excluding tert-OH is 1. The first-order chi connectivity index (χ1) is 10.4. The Kier molecular flexibility index (Phi) is 3.70. The van der Waals surface area contributed by atoms with Crippen LogP contribution >= 0.6 is 0 Å². The number of aliphatic hydroxyl groups is 1. The molecule has 2 aromatic carbocycles. The van der Waals surface area contributed by atoms with Crippen LogP contribution in [0.3, 0.4) is 0 Å². The Morgan fingerprint density at radius 1 is 1.05 bits per heavy atom. The fraction of sp³-hybridized carbons (Fsp3) is 0.333. The summed E-state index contributed by atoms with van der Waals surface area (Å²) in [6, 6.07) is 12.7. The van der Waals surface area contributed by atoms with Gasteiger partial charge in [0.25, 0.3) is 0 Å². The van der Waals surface area contributed by atoms with Crippen LogP contribution in [-0.4, -0.2) is 5.11 Å². The molecule has 1 heteroatoms. The summed E-state index contributed by atoms with van der Waals surface area (Å²) in [6.45, 7) is 8.41. The van der Waals surface area contributed by atoms with Crippen LogP contribution in [0.1, 0.15) is 51.3 Å². The maximum Gasteiger partial charge on any atom is 0.0850 e. The second kappa shape index (κ2) is 5.40. The Morgan fingerprint density at radius 3 is 2.41 bits per heavy atom. The average Bonchev–Trinajstić information content (AvgIpc) is 2.90. The standard InChI is InChI=1S/C21H24O/c1-14-9-10-16(13-14)18-12-11-15-7-5-6-8-17(15)19(18)20(22)21(2,3)4/h5-9,11-13,20,22H,10H2,1-4H3. The first-order valence-corrected chi connectivity index (χ1v) is 7.95. The van der Waals surface area contributed by atoms with Crippen molar-refractivity contribution in [3.8, 4) is 0 Å². The molecule has 22 heavy (non-hydrogen) atoms. The summed E-state index contributed by atoms with van der Waals surface area (Å²) in [5.41, 5.74) is 4.68. The lowest BCUT2D eigenvalue weighted by Gasteiger charge is -2.29. The number of hydrogen-bond donors (Lipinski definition) is 1. The van der Waals surface area contributed by atoms with Gasteiger partial charge in [0.1, 0.15) is 0 Å². The maximum atomic E-state index is 11.0. The highest BCUT2D eigenvalue weighted by atomic mass is 16.3. The van der Waals surface area contributed by atoms with E-state index in [1.807, 2.05) is 0 Å². The Morgan fingerprint density at radius 2 is 1.77 bits per heavy atom. The molecule has 0 spiro atoms. The van der Waals surface area contributed by atoms with E-state index in [1.54, 1.807) is 0 Å². The quantitative estimate of drug-likeness (QED) is 0.758. The van der Waals surface area contributed by atoms with E-state index in [0.29, 0.717) is 0 Å². The van der Waals surface area contributed by atoms with E-state index in [4.69, 9.17) is 0 Å². The Balaban J connectivity index is 2.26. The van der Waals surface area contributed by atoms with E-state index in [1.165, 1.54) is 22.1 Å². The van der Waals surface area contributed by atoms with Crippen molar-refractivity contribution in [3.05, 3.63) is 65.3 Å². The van der Waals surface area contributed by atoms with Crippen molar-refractivity contribution in [3.63, 3.8) is 0 Å². The zero-order chi connectivity index (χ0) is 15.9. The minimum absolute atomic E-state index is 0.194. The fourth-order valence-electron chi connectivity index (χ4n) is 3.15. The third-order valence-corrected chi connectivity index (χ3v) is 4.46. The number of hydrogen-bond acceptors (Lipinski definition) is 1. The van der Waals surface area contributed by atoms with Gasteiger partial charge in [0.05, 0.1) is 6.10 Å². The molecule has 0 saturated heterocycles. The topological polar surface area (TPSA) is 20.2 Å².